The van der Waals surface area contributed by atoms with E-state index in [0.717, 1.165) is 35.4 Å². The summed E-state index contributed by atoms with van der Waals surface area (Å²) >= 11 is 6.16. The zero-order chi connectivity index (χ0) is 16.1. The molecule has 4 N–H and O–H groups in total. The van der Waals surface area contributed by atoms with Crippen molar-refractivity contribution in [1.29, 1.82) is 0 Å². The van der Waals surface area contributed by atoms with Gasteiger partial charge in [-0.3, -0.25) is 4.79 Å². The normalized spacial score (nSPS) is 22.6. The van der Waals surface area contributed by atoms with Crippen molar-refractivity contribution in [3.8, 4) is 0 Å². The molecule has 2 atom stereocenters. The predicted molar refractivity (Wildman–Crippen MR) is 97.2 cm³/mol. The standard InChI is InChI=1S/C18H19ClN2OSi/c19-12-1-2-13-14(8-12)23-15-6-9-3-10(7-16(20)22)5-11(4-9)17(15)18(13)21/h1-3,8-9,11,23H,4-7,21H2,(H2,20,22). The summed E-state index contributed by atoms with van der Waals surface area (Å²) in [5.74, 6) is 0.735. The number of nitrogen functional groups attached to an aromatic ring is 1. The van der Waals surface area contributed by atoms with E-state index < -0.39 is 0 Å². The van der Waals surface area contributed by atoms with E-state index in [0.29, 0.717) is 18.3 Å². The van der Waals surface area contributed by atoms with Crippen LogP contribution < -0.4 is 11.5 Å². The van der Waals surface area contributed by atoms with Crippen molar-refractivity contribution in [3.63, 3.8) is 0 Å². The summed E-state index contributed by atoms with van der Waals surface area (Å²) in [6, 6.07) is 6.05. The zero-order valence-corrected chi connectivity index (χ0v) is 14.7. The second kappa shape index (κ2) is 5.46. The minimum atomic E-state index is -0.239. The molecule has 2 aromatic rings. The van der Waals surface area contributed by atoms with Crippen LogP contribution in [0.2, 0.25) is 5.02 Å². The number of fused-ring (bicyclic) bond motifs is 5. The molecule has 0 fully saturated rings. The third kappa shape index (κ3) is 2.60. The van der Waals surface area contributed by atoms with Gasteiger partial charge in [-0.25, -0.2) is 0 Å². The molecule has 0 saturated carbocycles. The molecule has 1 aromatic heterocycles. The number of nitrogens with two attached hydrogens (primary N) is 2. The molecule has 2 aliphatic rings. The van der Waals surface area contributed by atoms with Gasteiger partial charge in [0.1, 0.15) is 0 Å². The SMILES string of the molecule is NC(=O)CC1=CC2Cc3[siH]c4cc(Cl)ccc4c(N)c3C(C1)C2. The molecule has 4 rings (SSSR count). The minimum Gasteiger partial charge on any atom is -0.398 e. The molecule has 0 spiro atoms. The van der Waals surface area contributed by atoms with E-state index in [1.165, 1.54) is 21.3 Å². The third-order valence-electron chi connectivity index (χ3n) is 5.13. The number of allylic oxidation sites excluding steroid dienone is 1. The highest BCUT2D eigenvalue weighted by molar-refractivity contribution is 6.51. The molecule has 0 saturated heterocycles. The number of rotatable bonds is 2. The van der Waals surface area contributed by atoms with Gasteiger partial charge in [-0.2, -0.15) is 0 Å². The van der Waals surface area contributed by atoms with Crippen LogP contribution in [-0.4, -0.2) is 15.0 Å². The molecule has 0 aliphatic heterocycles. The van der Waals surface area contributed by atoms with Crippen molar-refractivity contribution in [1.82, 2.24) is 0 Å². The smallest absolute Gasteiger partial charge is 0.221 e. The molecule has 3 nitrogen and oxygen atoms in total. The molecule has 2 bridgehead atoms. The Morgan fingerprint density at radius 1 is 1.35 bits per heavy atom. The van der Waals surface area contributed by atoms with Gasteiger partial charge >= 0.3 is 0 Å². The van der Waals surface area contributed by atoms with E-state index in [-0.39, 0.29) is 15.0 Å². The number of anilines is 1. The van der Waals surface area contributed by atoms with E-state index in [9.17, 15) is 4.79 Å². The van der Waals surface area contributed by atoms with Crippen molar-refractivity contribution in [3.05, 3.63) is 45.6 Å². The molecular formula is C18H19ClN2OSi. The summed E-state index contributed by atoms with van der Waals surface area (Å²) in [6.45, 7) is 0. The molecule has 5 heteroatoms. The second-order valence-electron chi connectivity index (χ2n) is 6.80. The molecule has 1 aromatic carbocycles. The number of primary amides is 1. The van der Waals surface area contributed by atoms with Crippen LogP contribution in [0, 0.1) is 5.92 Å². The minimum absolute atomic E-state index is 0.0806. The molecule has 1 heterocycles. The summed E-state index contributed by atoms with van der Waals surface area (Å²) in [4.78, 5) is 12.6. The fourth-order valence-electron chi connectivity index (χ4n) is 4.37. The summed E-state index contributed by atoms with van der Waals surface area (Å²) < 4.78 is 0. The molecule has 2 unspecified atom stereocenters. The van der Waals surface area contributed by atoms with Gasteiger partial charge in [-0.1, -0.05) is 34.5 Å². The maximum Gasteiger partial charge on any atom is 0.221 e. The monoisotopic (exact) mass is 342 g/mol. The molecule has 0 radical (unpaired) electrons. The van der Waals surface area contributed by atoms with Crippen LogP contribution in [-0.2, 0) is 11.2 Å². The topological polar surface area (TPSA) is 69.1 Å². The highest BCUT2D eigenvalue weighted by Crippen LogP contribution is 2.47. The van der Waals surface area contributed by atoms with Crippen LogP contribution >= 0.6 is 11.6 Å². The van der Waals surface area contributed by atoms with Crippen LogP contribution in [0.4, 0.5) is 5.69 Å². The maximum atomic E-state index is 11.3. The van der Waals surface area contributed by atoms with Crippen LogP contribution in [0.1, 0.15) is 35.9 Å². The number of hydrogen-bond donors (Lipinski definition) is 2. The highest BCUT2D eigenvalue weighted by Gasteiger charge is 2.32. The van der Waals surface area contributed by atoms with E-state index in [1.807, 2.05) is 6.07 Å². The quantitative estimate of drug-likeness (QED) is 0.650. The Bertz CT molecular complexity index is 862. The van der Waals surface area contributed by atoms with Crippen molar-refractivity contribution >= 4 is 42.7 Å². The largest absolute Gasteiger partial charge is 0.398 e. The van der Waals surface area contributed by atoms with Gasteiger partial charge < -0.3 is 11.5 Å². The van der Waals surface area contributed by atoms with E-state index in [4.69, 9.17) is 23.1 Å². The van der Waals surface area contributed by atoms with Crippen molar-refractivity contribution < 1.29 is 4.79 Å². The second-order valence-corrected chi connectivity index (χ2v) is 8.84. The first kappa shape index (κ1) is 14.9. The van der Waals surface area contributed by atoms with Gasteiger partial charge in [-0.05, 0) is 53.8 Å². The van der Waals surface area contributed by atoms with E-state index in [2.05, 4.69) is 18.2 Å². The number of carbonyl (C=O) groups is 1. The van der Waals surface area contributed by atoms with Gasteiger partial charge in [0.05, 0.1) is 0 Å². The zero-order valence-electron chi connectivity index (χ0n) is 12.8. The molecule has 23 heavy (non-hydrogen) atoms. The average Bonchev–Trinajstić information content (AvgIpc) is 2.45. The van der Waals surface area contributed by atoms with E-state index in [1.54, 1.807) is 0 Å². The van der Waals surface area contributed by atoms with Crippen molar-refractivity contribution in [2.45, 2.75) is 31.6 Å². The van der Waals surface area contributed by atoms with E-state index >= 15 is 0 Å². The number of benzene rings is 1. The Labute approximate surface area is 142 Å². The lowest BCUT2D eigenvalue weighted by Gasteiger charge is -2.36. The van der Waals surface area contributed by atoms with Crippen LogP contribution in [0.3, 0.4) is 0 Å². The van der Waals surface area contributed by atoms with Crippen molar-refractivity contribution in [2.75, 3.05) is 5.73 Å². The lowest BCUT2D eigenvalue weighted by molar-refractivity contribution is -0.117. The first-order chi connectivity index (χ1) is 11.0. The summed E-state index contributed by atoms with van der Waals surface area (Å²) in [7, 11) is 0.0806. The van der Waals surface area contributed by atoms with Crippen molar-refractivity contribution in [2.24, 2.45) is 11.7 Å². The van der Waals surface area contributed by atoms with Gasteiger partial charge in [0.15, 0.2) is 0 Å². The molecule has 1 amide bonds. The maximum absolute atomic E-state index is 11.3. The summed E-state index contributed by atoms with van der Waals surface area (Å²) in [5, 5.41) is 3.48. The first-order valence-corrected chi connectivity index (χ1v) is 9.53. The first-order valence-electron chi connectivity index (χ1n) is 7.99. The Kier molecular flexibility index (Phi) is 3.54. The van der Waals surface area contributed by atoms with Gasteiger partial charge in [0.25, 0.3) is 0 Å². The Morgan fingerprint density at radius 3 is 2.96 bits per heavy atom. The number of halogens is 1. The summed E-state index contributed by atoms with van der Waals surface area (Å²) in [6.07, 6.45) is 5.80. The lowest BCUT2D eigenvalue weighted by Crippen LogP contribution is -2.26. The van der Waals surface area contributed by atoms with Gasteiger partial charge in [0.2, 0.25) is 5.91 Å². The van der Waals surface area contributed by atoms with Crippen LogP contribution in [0.25, 0.3) is 10.4 Å². The number of hydrogen-bond acceptors (Lipinski definition) is 2. The molecule has 2 aliphatic carbocycles. The Morgan fingerprint density at radius 2 is 2.17 bits per heavy atom. The molecular weight excluding hydrogens is 324 g/mol. The van der Waals surface area contributed by atoms with Gasteiger partial charge in [-0.15, -0.1) is 0 Å². The highest BCUT2D eigenvalue weighted by atomic mass is 35.5. The summed E-state index contributed by atoms with van der Waals surface area (Å²) in [5.41, 5.74) is 15.4. The Balaban J connectivity index is 1.82. The fraction of sp³-hybridized carbons (Fsp3) is 0.333. The Hall–Kier alpha value is -1.65. The lowest BCUT2D eigenvalue weighted by atomic mass is 9.71. The average molecular weight is 343 g/mol. The third-order valence-corrected chi connectivity index (χ3v) is 7.05. The number of carbonyl (C=O) groups excluding carboxylic acids is 1. The molecule has 118 valence electrons. The van der Waals surface area contributed by atoms with Crippen LogP contribution in [0.5, 0.6) is 0 Å². The van der Waals surface area contributed by atoms with Crippen LogP contribution in [0.15, 0.2) is 29.8 Å². The fourth-order valence-corrected chi connectivity index (χ4v) is 6.67. The predicted octanol–water partition coefficient (Wildman–Crippen LogP) is 3.00. The number of amides is 1. The van der Waals surface area contributed by atoms with Gasteiger partial charge in [0, 0.05) is 31.6 Å².